The standard InChI is InChI=1S/C28H22Cl2FN3O7/c1-39-25-15(6-5-14-12-34(27(37)23(14)25)20-9-10-22(35)33-26(20)36)13-40-28(38)32-19-8-7-16(11-18(19)31)41-21-4-2-3-17(29)24(21)30/h2-8,11,20H,9-10,12-13H2,1H3,(H,32,38)(H,33,35,36). The largest absolute Gasteiger partial charge is 0.495 e. The lowest BCUT2D eigenvalue weighted by Gasteiger charge is -2.29. The zero-order valence-corrected chi connectivity index (χ0v) is 23.0. The minimum absolute atomic E-state index is 0.129. The molecule has 1 fully saturated rings. The number of halogens is 3. The van der Waals surface area contributed by atoms with E-state index in [-0.39, 0.29) is 70.4 Å². The lowest BCUT2D eigenvalue weighted by Crippen LogP contribution is -2.52. The molecule has 13 heteroatoms. The number of rotatable bonds is 7. The second-order valence-corrected chi connectivity index (χ2v) is 9.97. The lowest BCUT2D eigenvalue weighted by atomic mass is 10.0. The van der Waals surface area contributed by atoms with Crippen LogP contribution in [0.4, 0.5) is 14.9 Å². The van der Waals surface area contributed by atoms with Crippen LogP contribution in [0, 0.1) is 5.82 Å². The van der Waals surface area contributed by atoms with E-state index in [1.54, 1.807) is 30.3 Å². The van der Waals surface area contributed by atoms with Gasteiger partial charge in [-0.1, -0.05) is 41.4 Å². The summed E-state index contributed by atoms with van der Waals surface area (Å²) >= 11 is 12.1. The zero-order valence-electron chi connectivity index (χ0n) is 21.5. The van der Waals surface area contributed by atoms with Gasteiger partial charge >= 0.3 is 6.09 Å². The van der Waals surface area contributed by atoms with Crippen molar-refractivity contribution in [1.82, 2.24) is 10.2 Å². The van der Waals surface area contributed by atoms with Gasteiger partial charge < -0.3 is 19.1 Å². The summed E-state index contributed by atoms with van der Waals surface area (Å²) in [4.78, 5) is 50.9. The quantitative estimate of drug-likeness (QED) is 0.345. The summed E-state index contributed by atoms with van der Waals surface area (Å²) in [6.45, 7) is -0.120. The molecule has 0 aliphatic carbocycles. The van der Waals surface area contributed by atoms with E-state index in [1.807, 2.05) is 0 Å². The zero-order chi connectivity index (χ0) is 29.3. The van der Waals surface area contributed by atoms with Gasteiger partial charge in [-0.15, -0.1) is 0 Å². The Kier molecular flexibility index (Phi) is 8.00. The predicted octanol–water partition coefficient (Wildman–Crippen LogP) is 5.44. The molecular formula is C28H22Cl2FN3O7. The predicted molar refractivity (Wildman–Crippen MR) is 146 cm³/mol. The molecule has 41 heavy (non-hydrogen) atoms. The first kappa shape index (κ1) is 28.2. The number of hydrogen-bond acceptors (Lipinski definition) is 7. The molecule has 0 bridgehead atoms. The average molecular weight is 602 g/mol. The molecule has 5 rings (SSSR count). The van der Waals surface area contributed by atoms with Crippen LogP contribution in [0.3, 0.4) is 0 Å². The summed E-state index contributed by atoms with van der Waals surface area (Å²) in [6, 6.07) is 11.1. The smallest absolute Gasteiger partial charge is 0.412 e. The topological polar surface area (TPSA) is 123 Å². The number of fused-ring (bicyclic) bond motifs is 1. The maximum atomic E-state index is 14.7. The molecule has 2 aliphatic heterocycles. The van der Waals surface area contributed by atoms with Crippen molar-refractivity contribution in [3.8, 4) is 17.2 Å². The molecule has 0 aromatic heterocycles. The van der Waals surface area contributed by atoms with E-state index in [4.69, 9.17) is 37.4 Å². The summed E-state index contributed by atoms with van der Waals surface area (Å²) in [5.74, 6) is -1.56. The SMILES string of the molecule is COc1c(COC(=O)Nc2ccc(Oc3cccc(Cl)c3Cl)cc2F)ccc2c1C(=O)N(C1CCC(=O)NC1=O)C2. The van der Waals surface area contributed by atoms with Gasteiger partial charge in [-0.3, -0.25) is 25.0 Å². The van der Waals surface area contributed by atoms with Crippen molar-refractivity contribution in [1.29, 1.82) is 0 Å². The minimum Gasteiger partial charge on any atom is -0.495 e. The normalized spacial score (nSPS) is 16.2. The Balaban J connectivity index is 1.24. The lowest BCUT2D eigenvalue weighted by molar-refractivity contribution is -0.136. The van der Waals surface area contributed by atoms with Gasteiger partial charge in [0, 0.05) is 24.6 Å². The Hall–Kier alpha value is -4.35. The third-order valence-electron chi connectivity index (χ3n) is 6.61. The van der Waals surface area contributed by atoms with Crippen molar-refractivity contribution in [2.24, 2.45) is 0 Å². The van der Waals surface area contributed by atoms with Crippen LogP contribution in [0.25, 0.3) is 0 Å². The van der Waals surface area contributed by atoms with Crippen LogP contribution in [0.2, 0.25) is 10.0 Å². The van der Waals surface area contributed by atoms with Gasteiger partial charge in [-0.2, -0.15) is 0 Å². The van der Waals surface area contributed by atoms with E-state index in [0.29, 0.717) is 11.1 Å². The van der Waals surface area contributed by atoms with Crippen molar-refractivity contribution in [3.63, 3.8) is 0 Å². The van der Waals surface area contributed by atoms with Crippen LogP contribution in [0.5, 0.6) is 17.2 Å². The van der Waals surface area contributed by atoms with Gasteiger partial charge in [0.15, 0.2) is 5.82 Å². The molecule has 2 N–H and O–H groups in total. The Labute approximate surface area is 243 Å². The van der Waals surface area contributed by atoms with E-state index in [9.17, 15) is 23.6 Å². The molecule has 0 radical (unpaired) electrons. The summed E-state index contributed by atoms with van der Waals surface area (Å²) in [6.07, 6.45) is -0.593. The van der Waals surface area contributed by atoms with E-state index >= 15 is 0 Å². The number of benzene rings is 3. The van der Waals surface area contributed by atoms with Crippen LogP contribution < -0.4 is 20.1 Å². The third-order valence-corrected chi connectivity index (χ3v) is 7.41. The fourth-order valence-corrected chi connectivity index (χ4v) is 4.98. The summed E-state index contributed by atoms with van der Waals surface area (Å²) < 4.78 is 31.0. The fourth-order valence-electron chi connectivity index (χ4n) is 4.65. The van der Waals surface area contributed by atoms with Crippen LogP contribution >= 0.6 is 23.2 Å². The van der Waals surface area contributed by atoms with Crippen molar-refractivity contribution in [2.45, 2.75) is 32.0 Å². The van der Waals surface area contributed by atoms with Gasteiger partial charge in [-0.05, 0) is 36.2 Å². The highest BCUT2D eigenvalue weighted by atomic mass is 35.5. The van der Waals surface area contributed by atoms with Gasteiger partial charge in [0.2, 0.25) is 11.8 Å². The fraction of sp³-hybridized carbons (Fsp3) is 0.214. The Morgan fingerprint density at radius 2 is 1.95 bits per heavy atom. The molecule has 1 saturated heterocycles. The van der Waals surface area contributed by atoms with Gasteiger partial charge in [-0.25, -0.2) is 9.18 Å². The van der Waals surface area contributed by atoms with Gasteiger partial charge in [0.05, 0.1) is 23.4 Å². The number of ether oxygens (including phenoxy) is 3. The molecule has 1 atom stereocenters. The molecule has 2 heterocycles. The third kappa shape index (κ3) is 5.77. The number of anilines is 1. The van der Waals surface area contributed by atoms with Crippen molar-refractivity contribution >= 4 is 52.7 Å². The molecule has 4 amide bonds. The number of hydrogen-bond donors (Lipinski definition) is 2. The molecule has 10 nitrogen and oxygen atoms in total. The first-order valence-corrected chi connectivity index (χ1v) is 13.1. The van der Waals surface area contributed by atoms with Crippen molar-refractivity contribution in [2.75, 3.05) is 12.4 Å². The van der Waals surface area contributed by atoms with Crippen molar-refractivity contribution < 1.29 is 37.8 Å². The second kappa shape index (κ2) is 11.6. The highest BCUT2D eigenvalue weighted by molar-refractivity contribution is 6.42. The van der Waals surface area contributed by atoms with E-state index in [1.165, 1.54) is 24.1 Å². The van der Waals surface area contributed by atoms with Crippen LogP contribution in [0.1, 0.15) is 34.3 Å². The molecule has 212 valence electrons. The van der Waals surface area contributed by atoms with E-state index in [2.05, 4.69) is 10.6 Å². The number of nitrogens with zero attached hydrogens (tertiary/aromatic N) is 1. The first-order chi connectivity index (χ1) is 19.7. The summed E-state index contributed by atoms with van der Waals surface area (Å²) in [7, 11) is 1.37. The second-order valence-electron chi connectivity index (χ2n) is 9.19. The molecule has 1 unspecified atom stereocenters. The summed E-state index contributed by atoms with van der Waals surface area (Å²) in [5, 5.41) is 5.03. The molecular weight excluding hydrogens is 580 g/mol. The average Bonchev–Trinajstić information content (AvgIpc) is 3.27. The molecule has 2 aliphatic rings. The summed E-state index contributed by atoms with van der Waals surface area (Å²) in [5.41, 5.74) is 1.12. The first-order valence-electron chi connectivity index (χ1n) is 12.3. The van der Waals surface area contributed by atoms with Crippen molar-refractivity contribution in [3.05, 3.63) is 81.1 Å². The monoisotopic (exact) mass is 601 g/mol. The molecule has 0 spiro atoms. The van der Waals surface area contributed by atoms with Crippen LogP contribution in [0.15, 0.2) is 48.5 Å². The number of nitrogens with one attached hydrogen (secondary N) is 2. The molecule has 0 saturated carbocycles. The number of carbonyl (C=O) groups is 4. The highest BCUT2D eigenvalue weighted by Crippen LogP contribution is 2.37. The van der Waals surface area contributed by atoms with Gasteiger partial charge in [0.25, 0.3) is 5.91 Å². The highest BCUT2D eigenvalue weighted by Gasteiger charge is 2.41. The maximum absolute atomic E-state index is 14.7. The van der Waals surface area contributed by atoms with E-state index in [0.717, 1.165) is 6.07 Å². The van der Waals surface area contributed by atoms with Crippen LogP contribution in [-0.4, -0.2) is 41.9 Å². The Bertz CT molecular complexity index is 1580. The number of piperidine rings is 1. The Morgan fingerprint density at radius 1 is 1.15 bits per heavy atom. The number of amides is 4. The minimum atomic E-state index is -0.950. The number of imide groups is 1. The number of carbonyl (C=O) groups excluding carboxylic acids is 4. The molecule has 3 aromatic carbocycles. The van der Waals surface area contributed by atoms with Crippen LogP contribution in [-0.2, 0) is 27.5 Å². The number of methoxy groups -OCH3 is 1. The van der Waals surface area contributed by atoms with Gasteiger partial charge in [0.1, 0.15) is 34.9 Å². The van der Waals surface area contributed by atoms with E-state index < -0.39 is 29.8 Å². The Morgan fingerprint density at radius 3 is 2.68 bits per heavy atom. The maximum Gasteiger partial charge on any atom is 0.412 e. The molecule has 3 aromatic rings.